The predicted octanol–water partition coefficient (Wildman–Crippen LogP) is 1.71. The zero-order chi connectivity index (χ0) is 12.9. The molecule has 0 bridgehead atoms. The Balaban J connectivity index is 2.54. The lowest BCUT2D eigenvalue weighted by atomic mass is 9.85. The minimum absolute atomic E-state index is 0.557. The molecule has 1 heterocycles. The number of aryl methyl sites for hydroxylation is 2. The summed E-state index contributed by atoms with van der Waals surface area (Å²) in [5, 5.41) is 0. The average molecular weight is 244 g/mol. The quantitative estimate of drug-likeness (QED) is 0.693. The molecule has 0 fully saturated rings. The molecule has 18 heavy (non-hydrogen) atoms. The van der Waals surface area contributed by atoms with E-state index in [4.69, 9.17) is 0 Å². The minimum Gasteiger partial charge on any atom is -0.316 e. The fourth-order valence-corrected chi connectivity index (χ4v) is 2.98. The summed E-state index contributed by atoms with van der Waals surface area (Å²) in [5.41, 5.74) is 5.38. The first-order valence-electron chi connectivity index (χ1n) is 6.37. The second kappa shape index (κ2) is 3.83. The van der Waals surface area contributed by atoms with Crippen LogP contribution in [0.2, 0.25) is 0 Å². The summed E-state index contributed by atoms with van der Waals surface area (Å²) in [6, 6.07) is 0. The Hall–Kier alpha value is -1.84. The lowest BCUT2D eigenvalue weighted by Crippen LogP contribution is -2.30. The molecule has 0 spiro atoms. The number of aromatic amines is 2. The number of H-pyrrole nitrogens is 2. The van der Waals surface area contributed by atoms with Crippen LogP contribution in [0, 0.1) is 13.8 Å². The molecular formula is C14H16N2O2. The molecule has 0 amide bonds. The summed E-state index contributed by atoms with van der Waals surface area (Å²) in [4.78, 5) is 28.5. The lowest BCUT2D eigenvalue weighted by molar-refractivity contribution is 0.684. The molecule has 0 unspecified atom stereocenters. The van der Waals surface area contributed by atoms with Crippen LogP contribution in [-0.4, -0.2) is 9.97 Å². The Morgan fingerprint density at radius 2 is 1.33 bits per heavy atom. The van der Waals surface area contributed by atoms with Crippen molar-refractivity contribution in [3.05, 3.63) is 43.0 Å². The zero-order valence-corrected chi connectivity index (χ0v) is 10.6. The van der Waals surface area contributed by atoms with Crippen LogP contribution < -0.4 is 11.1 Å². The van der Waals surface area contributed by atoms with Crippen LogP contribution in [0.3, 0.4) is 0 Å². The van der Waals surface area contributed by atoms with E-state index in [9.17, 15) is 9.59 Å². The third kappa shape index (κ3) is 1.45. The number of benzene rings is 1. The van der Waals surface area contributed by atoms with Crippen LogP contribution in [0.5, 0.6) is 0 Å². The molecule has 0 saturated heterocycles. The minimum atomic E-state index is -0.569. The van der Waals surface area contributed by atoms with Gasteiger partial charge in [0.2, 0.25) is 0 Å². The Labute approximate surface area is 104 Å². The summed E-state index contributed by atoms with van der Waals surface area (Å²) in [6.45, 7) is 4.10. The van der Waals surface area contributed by atoms with Gasteiger partial charge in [0, 0.05) is 0 Å². The van der Waals surface area contributed by atoms with Gasteiger partial charge in [-0.1, -0.05) is 0 Å². The van der Waals surface area contributed by atoms with E-state index in [1.165, 1.54) is 23.1 Å². The SMILES string of the molecule is Cc1c2c(c3[nH]c(=O)c(=O)[nH]c3c1C)CCCC2. The van der Waals surface area contributed by atoms with Gasteiger partial charge in [0.05, 0.1) is 11.0 Å². The number of hydrogen-bond donors (Lipinski definition) is 2. The Morgan fingerprint density at radius 1 is 0.778 bits per heavy atom. The second-order valence-corrected chi connectivity index (χ2v) is 5.07. The first-order valence-corrected chi connectivity index (χ1v) is 6.37. The molecule has 2 N–H and O–H groups in total. The molecule has 4 nitrogen and oxygen atoms in total. The molecule has 0 saturated carbocycles. The molecule has 1 aromatic carbocycles. The fourth-order valence-electron chi connectivity index (χ4n) is 2.98. The van der Waals surface area contributed by atoms with Gasteiger partial charge in [-0.2, -0.15) is 0 Å². The standard InChI is InChI=1S/C14H16N2O2/c1-7-8(2)11-12(16-14(18)13(17)15-11)10-6-4-3-5-9(7)10/h3-6H2,1-2H3,(H,15,17)(H,16,18). The molecule has 94 valence electrons. The smallest absolute Gasteiger partial charge is 0.314 e. The van der Waals surface area contributed by atoms with Crippen molar-refractivity contribution in [1.82, 2.24) is 9.97 Å². The number of aromatic nitrogens is 2. The predicted molar refractivity (Wildman–Crippen MR) is 71.3 cm³/mol. The maximum absolute atomic E-state index is 11.5. The monoisotopic (exact) mass is 244 g/mol. The summed E-state index contributed by atoms with van der Waals surface area (Å²) >= 11 is 0. The molecule has 1 aliphatic carbocycles. The highest BCUT2D eigenvalue weighted by molar-refractivity contribution is 5.84. The molecular weight excluding hydrogens is 228 g/mol. The number of fused-ring (bicyclic) bond motifs is 3. The van der Waals surface area contributed by atoms with E-state index >= 15 is 0 Å². The largest absolute Gasteiger partial charge is 0.316 e. The van der Waals surface area contributed by atoms with Gasteiger partial charge in [-0.3, -0.25) is 9.59 Å². The van der Waals surface area contributed by atoms with Crippen LogP contribution in [0.15, 0.2) is 9.59 Å². The van der Waals surface area contributed by atoms with E-state index in [0.29, 0.717) is 0 Å². The lowest BCUT2D eigenvalue weighted by Gasteiger charge is -2.22. The van der Waals surface area contributed by atoms with Gasteiger partial charge < -0.3 is 9.97 Å². The normalized spacial score (nSPS) is 14.8. The van der Waals surface area contributed by atoms with E-state index in [1.54, 1.807) is 0 Å². The number of hydrogen-bond acceptors (Lipinski definition) is 2. The average Bonchev–Trinajstić information content (AvgIpc) is 2.38. The highest BCUT2D eigenvalue weighted by Gasteiger charge is 2.19. The van der Waals surface area contributed by atoms with Crippen molar-refractivity contribution in [1.29, 1.82) is 0 Å². The van der Waals surface area contributed by atoms with Gasteiger partial charge >= 0.3 is 11.1 Å². The van der Waals surface area contributed by atoms with E-state index in [1.807, 2.05) is 6.92 Å². The second-order valence-electron chi connectivity index (χ2n) is 5.07. The van der Waals surface area contributed by atoms with Gasteiger partial charge in [0.25, 0.3) is 0 Å². The van der Waals surface area contributed by atoms with E-state index in [2.05, 4.69) is 16.9 Å². The summed E-state index contributed by atoms with van der Waals surface area (Å²) in [6.07, 6.45) is 4.40. The van der Waals surface area contributed by atoms with Crippen molar-refractivity contribution in [3.63, 3.8) is 0 Å². The van der Waals surface area contributed by atoms with Gasteiger partial charge in [0.15, 0.2) is 0 Å². The fraction of sp³-hybridized carbons (Fsp3) is 0.429. The van der Waals surface area contributed by atoms with Gasteiger partial charge in [-0.05, 0) is 61.8 Å². The van der Waals surface area contributed by atoms with Crippen molar-refractivity contribution in [2.75, 3.05) is 0 Å². The van der Waals surface area contributed by atoms with E-state index in [0.717, 1.165) is 35.9 Å². The topological polar surface area (TPSA) is 65.7 Å². The highest BCUT2D eigenvalue weighted by Crippen LogP contribution is 2.31. The number of nitrogens with one attached hydrogen (secondary N) is 2. The van der Waals surface area contributed by atoms with Crippen LogP contribution in [0.25, 0.3) is 11.0 Å². The molecule has 0 aliphatic heterocycles. The van der Waals surface area contributed by atoms with Crippen molar-refractivity contribution < 1.29 is 0 Å². The first kappa shape index (κ1) is 11.3. The summed E-state index contributed by atoms with van der Waals surface area (Å²) in [7, 11) is 0. The molecule has 1 aromatic heterocycles. The van der Waals surface area contributed by atoms with Crippen molar-refractivity contribution in [2.45, 2.75) is 39.5 Å². The molecule has 0 radical (unpaired) electrons. The molecule has 0 atom stereocenters. The van der Waals surface area contributed by atoms with Crippen LogP contribution in [0.1, 0.15) is 35.1 Å². The zero-order valence-electron chi connectivity index (χ0n) is 10.6. The summed E-state index contributed by atoms with van der Waals surface area (Å²) < 4.78 is 0. The third-order valence-electron chi connectivity index (χ3n) is 4.09. The molecule has 2 aromatic rings. The summed E-state index contributed by atoms with van der Waals surface area (Å²) in [5.74, 6) is 0. The Bertz CT molecular complexity index is 753. The van der Waals surface area contributed by atoms with Gasteiger partial charge in [-0.15, -0.1) is 0 Å². The van der Waals surface area contributed by atoms with E-state index < -0.39 is 11.1 Å². The van der Waals surface area contributed by atoms with Gasteiger partial charge in [0.1, 0.15) is 0 Å². The maximum Gasteiger partial charge on any atom is 0.314 e. The first-order chi connectivity index (χ1) is 8.59. The van der Waals surface area contributed by atoms with Crippen molar-refractivity contribution in [3.8, 4) is 0 Å². The van der Waals surface area contributed by atoms with Crippen molar-refractivity contribution in [2.24, 2.45) is 0 Å². The van der Waals surface area contributed by atoms with Crippen molar-refractivity contribution >= 4 is 11.0 Å². The van der Waals surface area contributed by atoms with Crippen LogP contribution in [-0.2, 0) is 12.8 Å². The van der Waals surface area contributed by atoms with Gasteiger partial charge in [-0.25, -0.2) is 0 Å². The number of rotatable bonds is 0. The highest BCUT2D eigenvalue weighted by atomic mass is 16.2. The van der Waals surface area contributed by atoms with Crippen LogP contribution in [0.4, 0.5) is 0 Å². The van der Waals surface area contributed by atoms with Crippen LogP contribution >= 0.6 is 0 Å². The Morgan fingerprint density at radius 3 is 2.00 bits per heavy atom. The van der Waals surface area contributed by atoms with E-state index in [-0.39, 0.29) is 0 Å². The molecule has 4 heteroatoms. The Kier molecular flexibility index (Phi) is 2.40. The molecule has 3 rings (SSSR count). The maximum atomic E-state index is 11.5. The molecule has 1 aliphatic rings. The third-order valence-corrected chi connectivity index (χ3v) is 4.09.